The number of nitrogens with zero attached hydrogens (tertiary/aromatic N) is 3. The van der Waals surface area contributed by atoms with Crippen molar-refractivity contribution in [2.24, 2.45) is 5.73 Å². The van der Waals surface area contributed by atoms with Gasteiger partial charge in [0.15, 0.2) is 5.65 Å². The third-order valence-electron chi connectivity index (χ3n) is 2.55. The minimum atomic E-state index is -4.56. The fourth-order valence-electron chi connectivity index (χ4n) is 1.53. The third-order valence-corrected chi connectivity index (χ3v) is 2.98. The Morgan fingerprint density at radius 2 is 2.15 bits per heavy atom. The first-order chi connectivity index (χ1) is 9.20. The molecule has 0 fully saturated rings. The van der Waals surface area contributed by atoms with Gasteiger partial charge in [-0.3, -0.25) is 9.20 Å². The number of fused-ring (bicyclic) bond motifs is 1. The molecule has 108 valence electrons. The lowest BCUT2D eigenvalue weighted by atomic mass is 10.2. The van der Waals surface area contributed by atoms with Crippen LogP contribution in [0.25, 0.3) is 5.65 Å². The Balaban J connectivity index is 2.56. The number of anilines is 1. The first-order valence-electron chi connectivity index (χ1n) is 5.37. The number of hydrogen-bond donors (Lipinski definition) is 2. The van der Waals surface area contributed by atoms with Gasteiger partial charge in [0.2, 0.25) is 11.9 Å². The Kier molecular flexibility index (Phi) is 3.59. The molecule has 2 heterocycles. The molecule has 0 aliphatic rings. The summed E-state index contributed by atoms with van der Waals surface area (Å²) in [5.74, 6) is -0.661. The number of rotatable bonds is 3. The molecule has 0 aliphatic heterocycles. The van der Waals surface area contributed by atoms with Crippen LogP contribution < -0.4 is 11.1 Å². The van der Waals surface area contributed by atoms with Crippen LogP contribution in [0.1, 0.15) is 12.5 Å². The zero-order valence-corrected chi connectivity index (χ0v) is 11.7. The van der Waals surface area contributed by atoms with E-state index in [0.717, 1.165) is 10.5 Å². The molecular weight excluding hydrogens is 343 g/mol. The number of nitrogens with one attached hydrogen (secondary N) is 1. The van der Waals surface area contributed by atoms with Crippen LogP contribution in [0.4, 0.5) is 19.1 Å². The van der Waals surface area contributed by atoms with E-state index in [9.17, 15) is 18.0 Å². The minimum absolute atomic E-state index is 0.00176. The molecule has 2 aromatic rings. The highest BCUT2D eigenvalue weighted by atomic mass is 79.9. The number of amides is 1. The molecule has 0 saturated carbocycles. The van der Waals surface area contributed by atoms with Crippen molar-refractivity contribution in [3.8, 4) is 0 Å². The maximum Gasteiger partial charge on any atom is 0.420 e. The molecule has 6 nitrogen and oxygen atoms in total. The van der Waals surface area contributed by atoms with Crippen LogP contribution in [0.5, 0.6) is 0 Å². The van der Waals surface area contributed by atoms with Gasteiger partial charge in [-0.1, -0.05) is 0 Å². The highest BCUT2D eigenvalue weighted by Gasteiger charge is 2.35. The maximum atomic E-state index is 12.9. The van der Waals surface area contributed by atoms with Crippen LogP contribution in [0, 0.1) is 0 Å². The summed E-state index contributed by atoms with van der Waals surface area (Å²) in [6, 6.07) is 0.112. The van der Waals surface area contributed by atoms with Gasteiger partial charge in [-0.05, 0) is 28.9 Å². The van der Waals surface area contributed by atoms with E-state index in [1.807, 2.05) is 0 Å². The number of alkyl halides is 3. The molecule has 2 rings (SSSR count). The number of pyridine rings is 1. The van der Waals surface area contributed by atoms with Gasteiger partial charge in [-0.2, -0.15) is 13.2 Å². The number of aromatic nitrogens is 3. The van der Waals surface area contributed by atoms with E-state index >= 15 is 0 Å². The van der Waals surface area contributed by atoms with E-state index in [-0.39, 0.29) is 16.1 Å². The molecule has 3 N–H and O–H groups in total. The minimum Gasteiger partial charge on any atom is -0.368 e. The summed E-state index contributed by atoms with van der Waals surface area (Å²) in [6.07, 6.45) is -3.20. The lowest BCUT2D eigenvalue weighted by molar-refractivity contribution is -0.136. The Morgan fingerprint density at radius 1 is 1.50 bits per heavy atom. The van der Waals surface area contributed by atoms with Crippen LogP contribution in [-0.2, 0) is 11.0 Å². The number of primary amides is 1. The first kappa shape index (κ1) is 14.6. The second kappa shape index (κ2) is 4.93. The van der Waals surface area contributed by atoms with Crippen molar-refractivity contribution < 1.29 is 18.0 Å². The molecule has 0 spiro atoms. The van der Waals surface area contributed by atoms with E-state index in [2.05, 4.69) is 31.4 Å². The van der Waals surface area contributed by atoms with Crippen LogP contribution >= 0.6 is 15.9 Å². The van der Waals surface area contributed by atoms with Crippen molar-refractivity contribution in [1.29, 1.82) is 0 Å². The maximum absolute atomic E-state index is 12.9. The summed E-state index contributed by atoms with van der Waals surface area (Å²) in [6.45, 7) is 1.46. The Morgan fingerprint density at radius 3 is 2.70 bits per heavy atom. The van der Waals surface area contributed by atoms with E-state index in [1.54, 1.807) is 0 Å². The molecule has 20 heavy (non-hydrogen) atoms. The summed E-state index contributed by atoms with van der Waals surface area (Å²) in [5, 5.41) is 9.70. The quantitative estimate of drug-likeness (QED) is 0.882. The molecule has 2 aromatic heterocycles. The van der Waals surface area contributed by atoms with Crippen molar-refractivity contribution in [2.75, 3.05) is 5.32 Å². The van der Waals surface area contributed by atoms with Crippen LogP contribution in [0.15, 0.2) is 16.7 Å². The predicted molar refractivity (Wildman–Crippen MR) is 68.0 cm³/mol. The van der Waals surface area contributed by atoms with E-state index < -0.39 is 23.7 Å². The fourth-order valence-corrected chi connectivity index (χ4v) is 1.97. The lowest BCUT2D eigenvalue weighted by Gasteiger charge is -2.11. The molecule has 0 aliphatic carbocycles. The molecule has 1 amide bonds. The highest BCUT2D eigenvalue weighted by molar-refractivity contribution is 9.10. The summed E-state index contributed by atoms with van der Waals surface area (Å²) in [5.41, 5.74) is 3.78. The number of hydrogen-bond acceptors (Lipinski definition) is 4. The van der Waals surface area contributed by atoms with Crippen molar-refractivity contribution in [3.05, 3.63) is 22.3 Å². The van der Waals surface area contributed by atoms with E-state index in [4.69, 9.17) is 5.73 Å². The van der Waals surface area contributed by atoms with Crippen molar-refractivity contribution in [1.82, 2.24) is 14.6 Å². The largest absolute Gasteiger partial charge is 0.420 e. The van der Waals surface area contributed by atoms with E-state index in [0.29, 0.717) is 0 Å². The second-order valence-corrected chi connectivity index (χ2v) is 4.97. The van der Waals surface area contributed by atoms with Crippen molar-refractivity contribution in [3.63, 3.8) is 0 Å². The van der Waals surface area contributed by atoms with Crippen molar-refractivity contribution >= 4 is 33.4 Å². The Bertz CT molecular complexity index is 669. The summed E-state index contributed by atoms with van der Waals surface area (Å²) in [4.78, 5) is 11.0. The Labute approximate surface area is 119 Å². The van der Waals surface area contributed by atoms with Gasteiger partial charge < -0.3 is 11.1 Å². The predicted octanol–water partition coefficient (Wildman–Crippen LogP) is 1.80. The zero-order valence-electron chi connectivity index (χ0n) is 10.1. The summed E-state index contributed by atoms with van der Waals surface area (Å²) in [7, 11) is 0. The average Bonchev–Trinajstić information content (AvgIpc) is 2.70. The SMILES string of the molecule is CC(Nc1nnc2c(C(F)(F)F)cc(Br)cn12)C(N)=O. The molecule has 0 saturated heterocycles. The molecule has 0 radical (unpaired) electrons. The van der Waals surface area contributed by atoms with Gasteiger partial charge in [0, 0.05) is 10.7 Å². The number of carbonyl (C=O) groups excluding carboxylic acids is 1. The molecule has 1 atom stereocenters. The average molecular weight is 352 g/mol. The van der Waals surface area contributed by atoms with E-state index in [1.165, 1.54) is 13.1 Å². The van der Waals surface area contributed by atoms with Crippen LogP contribution in [-0.4, -0.2) is 26.5 Å². The smallest absolute Gasteiger partial charge is 0.368 e. The second-order valence-electron chi connectivity index (χ2n) is 4.06. The number of halogens is 4. The third kappa shape index (κ3) is 2.69. The van der Waals surface area contributed by atoms with Gasteiger partial charge >= 0.3 is 6.18 Å². The molecule has 1 unspecified atom stereocenters. The normalized spacial score (nSPS) is 13.4. The summed E-state index contributed by atoms with van der Waals surface area (Å²) >= 11 is 2.99. The lowest BCUT2D eigenvalue weighted by Crippen LogP contribution is -2.33. The number of carbonyl (C=O) groups is 1. The van der Waals surface area contributed by atoms with Crippen LogP contribution in [0.2, 0.25) is 0 Å². The van der Waals surface area contributed by atoms with Gasteiger partial charge in [0.25, 0.3) is 0 Å². The van der Waals surface area contributed by atoms with Crippen LogP contribution in [0.3, 0.4) is 0 Å². The molecule has 0 bridgehead atoms. The zero-order chi connectivity index (χ0) is 15.1. The van der Waals surface area contributed by atoms with Gasteiger partial charge in [0.05, 0.1) is 0 Å². The summed E-state index contributed by atoms with van der Waals surface area (Å²) < 4.78 is 40.0. The monoisotopic (exact) mass is 351 g/mol. The van der Waals surface area contributed by atoms with Gasteiger partial charge in [0.1, 0.15) is 11.6 Å². The molecule has 10 heteroatoms. The Hall–Kier alpha value is -1.84. The fraction of sp³-hybridized carbons (Fsp3) is 0.300. The standard InChI is InChI=1S/C10H9BrF3N5O/c1-4(7(15)20)16-9-18-17-8-6(10(12,13)14)2-5(11)3-19(8)9/h2-4H,1H3,(H2,15,20)(H,16,18). The van der Waals surface area contributed by atoms with Gasteiger partial charge in [-0.15, -0.1) is 10.2 Å². The first-order valence-corrected chi connectivity index (χ1v) is 6.17. The highest BCUT2D eigenvalue weighted by Crippen LogP contribution is 2.34. The van der Waals surface area contributed by atoms with Gasteiger partial charge in [-0.25, -0.2) is 0 Å². The number of nitrogens with two attached hydrogens (primary N) is 1. The topological polar surface area (TPSA) is 85.3 Å². The molecular formula is C10H9BrF3N5O. The molecule has 0 aromatic carbocycles. The van der Waals surface area contributed by atoms with Crippen molar-refractivity contribution in [2.45, 2.75) is 19.1 Å².